The molecular formula is C11H16N4O. The summed E-state index contributed by atoms with van der Waals surface area (Å²) in [5.74, 6) is 0.536. The standard InChI is InChI=1S/C11H16N4O/c12-10(16)8-2-4-9(5-3-8)15-11-13-6-1-7-14-11/h1,6-9H,2-5H2,(H2,12,16)(H,13,14,15). The highest BCUT2D eigenvalue weighted by atomic mass is 16.1. The van der Waals surface area contributed by atoms with Crippen molar-refractivity contribution in [2.24, 2.45) is 11.7 Å². The number of anilines is 1. The van der Waals surface area contributed by atoms with Gasteiger partial charge in [0.1, 0.15) is 0 Å². The molecule has 1 saturated carbocycles. The van der Waals surface area contributed by atoms with Gasteiger partial charge in [0, 0.05) is 24.4 Å². The summed E-state index contributed by atoms with van der Waals surface area (Å²) in [5.41, 5.74) is 5.28. The van der Waals surface area contributed by atoms with E-state index in [2.05, 4.69) is 15.3 Å². The van der Waals surface area contributed by atoms with Gasteiger partial charge in [-0.1, -0.05) is 0 Å². The Labute approximate surface area is 94.5 Å². The minimum atomic E-state index is -0.172. The predicted molar refractivity (Wildman–Crippen MR) is 60.6 cm³/mol. The smallest absolute Gasteiger partial charge is 0.222 e. The van der Waals surface area contributed by atoms with Crippen LogP contribution in [0.2, 0.25) is 0 Å². The number of amides is 1. The van der Waals surface area contributed by atoms with Crippen LogP contribution in [-0.2, 0) is 4.79 Å². The van der Waals surface area contributed by atoms with Gasteiger partial charge >= 0.3 is 0 Å². The SMILES string of the molecule is NC(=O)C1CCC(Nc2ncccn2)CC1. The summed E-state index contributed by atoms with van der Waals surface area (Å²) in [7, 11) is 0. The van der Waals surface area contributed by atoms with Gasteiger partial charge in [-0.25, -0.2) is 9.97 Å². The van der Waals surface area contributed by atoms with Gasteiger partial charge < -0.3 is 11.1 Å². The van der Waals surface area contributed by atoms with Crippen LogP contribution in [-0.4, -0.2) is 21.9 Å². The van der Waals surface area contributed by atoms with E-state index < -0.39 is 0 Å². The molecule has 0 spiro atoms. The number of carbonyl (C=O) groups is 1. The van der Waals surface area contributed by atoms with Gasteiger partial charge in [-0.3, -0.25) is 4.79 Å². The highest BCUT2D eigenvalue weighted by molar-refractivity contribution is 5.76. The van der Waals surface area contributed by atoms with E-state index in [1.165, 1.54) is 0 Å². The summed E-state index contributed by atoms with van der Waals surface area (Å²) in [6.07, 6.45) is 7.05. The molecule has 0 saturated heterocycles. The molecule has 16 heavy (non-hydrogen) atoms. The molecule has 0 unspecified atom stereocenters. The minimum Gasteiger partial charge on any atom is -0.369 e. The van der Waals surface area contributed by atoms with E-state index in [1.807, 2.05) is 0 Å². The van der Waals surface area contributed by atoms with Crippen LogP contribution in [0.3, 0.4) is 0 Å². The van der Waals surface area contributed by atoms with Crippen LogP contribution in [0.25, 0.3) is 0 Å². The van der Waals surface area contributed by atoms with Gasteiger partial charge in [0.25, 0.3) is 0 Å². The highest BCUT2D eigenvalue weighted by Gasteiger charge is 2.24. The molecule has 1 aromatic rings. The van der Waals surface area contributed by atoms with Crippen LogP contribution in [0.15, 0.2) is 18.5 Å². The first kappa shape index (κ1) is 10.9. The van der Waals surface area contributed by atoms with Gasteiger partial charge in [0.15, 0.2) is 0 Å². The van der Waals surface area contributed by atoms with E-state index in [0.717, 1.165) is 25.7 Å². The summed E-state index contributed by atoms with van der Waals surface area (Å²) in [6, 6.07) is 2.15. The lowest BCUT2D eigenvalue weighted by Crippen LogP contribution is -2.32. The van der Waals surface area contributed by atoms with E-state index >= 15 is 0 Å². The maximum absolute atomic E-state index is 11.0. The fourth-order valence-electron chi connectivity index (χ4n) is 2.08. The van der Waals surface area contributed by atoms with Crippen molar-refractivity contribution in [1.82, 2.24) is 9.97 Å². The number of hydrogen-bond acceptors (Lipinski definition) is 4. The molecule has 1 aliphatic rings. The highest BCUT2D eigenvalue weighted by Crippen LogP contribution is 2.25. The Hall–Kier alpha value is -1.65. The van der Waals surface area contributed by atoms with Crippen LogP contribution in [0, 0.1) is 5.92 Å². The number of nitrogens with zero attached hydrogens (tertiary/aromatic N) is 2. The Morgan fingerprint density at radius 3 is 2.44 bits per heavy atom. The number of carbonyl (C=O) groups excluding carboxylic acids is 1. The molecule has 86 valence electrons. The summed E-state index contributed by atoms with van der Waals surface area (Å²) in [5, 5.41) is 3.27. The molecule has 2 rings (SSSR count). The number of nitrogens with two attached hydrogens (primary N) is 1. The number of hydrogen-bond donors (Lipinski definition) is 2. The molecule has 0 aliphatic heterocycles. The first-order chi connectivity index (χ1) is 7.75. The lowest BCUT2D eigenvalue weighted by molar-refractivity contribution is -0.122. The van der Waals surface area contributed by atoms with Crippen LogP contribution in [0.5, 0.6) is 0 Å². The number of rotatable bonds is 3. The normalized spacial score (nSPS) is 25.0. The Kier molecular flexibility index (Phi) is 3.34. The van der Waals surface area contributed by atoms with Crippen LogP contribution >= 0.6 is 0 Å². The lowest BCUT2D eigenvalue weighted by Gasteiger charge is -2.27. The molecule has 1 heterocycles. The van der Waals surface area contributed by atoms with Gasteiger partial charge in [0.05, 0.1) is 0 Å². The maximum Gasteiger partial charge on any atom is 0.222 e. The Balaban J connectivity index is 1.84. The van der Waals surface area contributed by atoms with Gasteiger partial charge in [0.2, 0.25) is 11.9 Å². The Bertz CT molecular complexity index is 346. The molecule has 0 aromatic carbocycles. The fourth-order valence-corrected chi connectivity index (χ4v) is 2.08. The second-order valence-electron chi connectivity index (χ2n) is 4.17. The van der Waals surface area contributed by atoms with Crippen molar-refractivity contribution >= 4 is 11.9 Å². The third kappa shape index (κ3) is 2.68. The van der Waals surface area contributed by atoms with Crippen molar-refractivity contribution in [1.29, 1.82) is 0 Å². The molecule has 5 heteroatoms. The second-order valence-corrected chi connectivity index (χ2v) is 4.17. The summed E-state index contributed by atoms with van der Waals surface area (Å²) < 4.78 is 0. The Morgan fingerprint density at radius 1 is 1.25 bits per heavy atom. The van der Waals surface area contributed by atoms with Crippen LogP contribution in [0.4, 0.5) is 5.95 Å². The molecular weight excluding hydrogens is 204 g/mol. The van der Waals surface area contributed by atoms with Crippen LogP contribution < -0.4 is 11.1 Å². The molecule has 3 N–H and O–H groups in total. The zero-order valence-corrected chi connectivity index (χ0v) is 9.10. The van der Waals surface area contributed by atoms with Gasteiger partial charge in [-0.15, -0.1) is 0 Å². The average molecular weight is 220 g/mol. The third-order valence-electron chi connectivity index (χ3n) is 3.03. The number of primary amides is 1. The summed E-state index contributed by atoms with van der Waals surface area (Å²) in [6.45, 7) is 0. The molecule has 5 nitrogen and oxygen atoms in total. The van der Waals surface area contributed by atoms with Crippen molar-refractivity contribution in [2.45, 2.75) is 31.7 Å². The first-order valence-electron chi connectivity index (χ1n) is 5.58. The average Bonchev–Trinajstić information content (AvgIpc) is 2.31. The van der Waals surface area contributed by atoms with E-state index in [4.69, 9.17) is 5.73 Å². The van der Waals surface area contributed by atoms with Crippen molar-refractivity contribution in [3.8, 4) is 0 Å². The van der Waals surface area contributed by atoms with E-state index in [-0.39, 0.29) is 11.8 Å². The zero-order valence-electron chi connectivity index (χ0n) is 9.10. The minimum absolute atomic E-state index is 0.0507. The van der Waals surface area contributed by atoms with E-state index in [9.17, 15) is 4.79 Å². The Morgan fingerprint density at radius 2 is 1.88 bits per heavy atom. The summed E-state index contributed by atoms with van der Waals surface area (Å²) >= 11 is 0. The predicted octanol–water partition coefficient (Wildman–Crippen LogP) is 0.933. The van der Waals surface area contributed by atoms with E-state index in [1.54, 1.807) is 18.5 Å². The molecule has 1 aromatic heterocycles. The van der Waals surface area contributed by atoms with Crippen molar-refractivity contribution in [3.05, 3.63) is 18.5 Å². The fraction of sp³-hybridized carbons (Fsp3) is 0.545. The zero-order chi connectivity index (χ0) is 11.4. The van der Waals surface area contributed by atoms with Gasteiger partial charge in [-0.05, 0) is 31.7 Å². The monoisotopic (exact) mass is 220 g/mol. The van der Waals surface area contributed by atoms with Gasteiger partial charge in [-0.2, -0.15) is 0 Å². The topological polar surface area (TPSA) is 80.9 Å². The lowest BCUT2D eigenvalue weighted by atomic mass is 9.86. The van der Waals surface area contributed by atoms with Crippen molar-refractivity contribution < 1.29 is 4.79 Å². The molecule has 0 radical (unpaired) electrons. The molecule has 1 aliphatic carbocycles. The molecule has 0 bridgehead atoms. The van der Waals surface area contributed by atoms with Crippen molar-refractivity contribution in [3.63, 3.8) is 0 Å². The van der Waals surface area contributed by atoms with E-state index in [0.29, 0.717) is 12.0 Å². The summed E-state index contributed by atoms with van der Waals surface area (Å²) in [4.78, 5) is 19.2. The number of nitrogens with one attached hydrogen (secondary N) is 1. The second kappa shape index (κ2) is 4.92. The van der Waals surface area contributed by atoms with Crippen molar-refractivity contribution in [2.75, 3.05) is 5.32 Å². The molecule has 1 amide bonds. The van der Waals surface area contributed by atoms with Crippen LogP contribution in [0.1, 0.15) is 25.7 Å². The third-order valence-corrected chi connectivity index (χ3v) is 3.03. The maximum atomic E-state index is 11.0. The largest absolute Gasteiger partial charge is 0.369 e. The first-order valence-corrected chi connectivity index (χ1v) is 5.58. The number of aromatic nitrogens is 2. The molecule has 1 fully saturated rings. The molecule has 0 atom stereocenters. The quantitative estimate of drug-likeness (QED) is 0.794.